The zero-order chi connectivity index (χ0) is 22.1. The summed E-state index contributed by atoms with van der Waals surface area (Å²) in [6.45, 7) is 0. The Bertz CT molecular complexity index is 1440. The number of nitrogens with one attached hydrogen (secondary N) is 1. The molecule has 1 N–H and O–H groups in total. The maximum absolute atomic E-state index is 13.0. The van der Waals surface area contributed by atoms with E-state index in [4.69, 9.17) is 11.6 Å². The average molecular weight is 459 g/mol. The highest BCUT2D eigenvalue weighted by Gasteiger charge is 2.20. The lowest BCUT2D eigenvalue weighted by Crippen LogP contribution is -2.17. The molecule has 0 bridgehead atoms. The van der Waals surface area contributed by atoms with Gasteiger partial charge in [0.05, 0.1) is 11.3 Å². The number of carbonyl (C=O) groups excluding carboxylic acids is 2. The van der Waals surface area contributed by atoms with E-state index in [2.05, 4.69) is 15.4 Å². The van der Waals surface area contributed by atoms with Crippen molar-refractivity contribution in [1.82, 2.24) is 14.6 Å². The van der Waals surface area contributed by atoms with Crippen molar-refractivity contribution < 1.29 is 9.59 Å². The molecule has 0 atom stereocenters. The molecule has 0 fully saturated rings. The zero-order valence-electron chi connectivity index (χ0n) is 16.5. The van der Waals surface area contributed by atoms with Crippen molar-refractivity contribution >= 4 is 45.5 Å². The molecule has 2 heterocycles. The van der Waals surface area contributed by atoms with Gasteiger partial charge < -0.3 is 0 Å². The van der Waals surface area contributed by atoms with Gasteiger partial charge in [0.25, 0.3) is 11.9 Å². The Kier molecular flexibility index (Phi) is 5.26. The SMILES string of the molecule is O=C(Nc1nc2scc(-c3ccc(Cl)cc3)n2n1)c1ccccc1C(=O)c1ccccc1. The van der Waals surface area contributed by atoms with E-state index in [1.807, 2.05) is 23.6 Å². The quantitative estimate of drug-likeness (QED) is 0.348. The van der Waals surface area contributed by atoms with E-state index in [0.29, 0.717) is 21.1 Å². The van der Waals surface area contributed by atoms with Crippen LogP contribution in [-0.2, 0) is 0 Å². The third-order valence-electron chi connectivity index (χ3n) is 4.90. The Balaban J connectivity index is 1.44. The fourth-order valence-corrected chi connectivity index (χ4v) is 4.30. The van der Waals surface area contributed by atoms with E-state index in [-0.39, 0.29) is 17.3 Å². The molecule has 0 aliphatic carbocycles. The Hall–Kier alpha value is -3.81. The molecular formula is C24H15ClN4O2S. The third-order valence-corrected chi connectivity index (χ3v) is 5.97. The number of hydrogen-bond acceptors (Lipinski definition) is 5. The average Bonchev–Trinajstić information content (AvgIpc) is 3.40. The van der Waals surface area contributed by atoms with Crippen LogP contribution in [0, 0.1) is 0 Å². The summed E-state index contributed by atoms with van der Waals surface area (Å²) in [7, 11) is 0. The Morgan fingerprint density at radius 2 is 1.56 bits per heavy atom. The monoisotopic (exact) mass is 458 g/mol. The molecule has 5 rings (SSSR count). The highest BCUT2D eigenvalue weighted by Crippen LogP contribution is 2.27. The molecule has 0 saturated heterocycles. The lowest BCUT2D eigenvalue weighted by Gasteiger charge is -2.08. The van der Waals surface area contributed by atoms with Crippen molar-refractivity contribution in [3.05, 3.63) is 106 Å². The number of anilines is 1. The van der Waals surface area contributed by atoms with Gasteiger partial charge in [-0.1, -0.05) is 72.3 Å². The molecule has 0 unspecified atom stereocenters. The Labute approximate surface area is 192 Å². The largest absolute Gasteiger partial charge is 0.289 e. The number of thiazole rings is 1. The number of amides is 1. The molecular weight excluding hydrogens is 444 g/mol. The van der Waals surface area contributed by atoms with Gasteiger partial charge in [0.2, 0.25) is 4.96 Å². The second-order valence-corrected chi connectivity index (χ2v) is 8.23. The van der Waals surface area contributed by atoms with E-state index < -0.39 is 5.91 Å². The molecule has 5 aromatic rings. The van der Waals surface area contributed by atoms with Gasteiger partial charge in [-0.2, -0.15) is 4.98 Å². The van der Waals surface area contributed by atoms with Crippen LogP contribution in [0.5, 0.6) is 0 Å². The third kappa shape index (κ3) is 3.79. The Morgan fingerprint density at radius 1 is 0.875 bits per heavy atom. The zero-order valence-corrected chi connectivity index (χ0v) is 18.1. The molecule has 0 saturated carbocycles. The summed E-state index contributed by atoms with van der Waals surface area (Å²) >= 11 is 7.39. The molecule has 0 aliphatic heterocycles. The summed E-state index contributed by atoms with van der Waals surface area (Å²) in [5.74, 6) is -0.504. The highest BCUT2D eigenvalue weighted by molar-refractivity contribution is 7.15. The molecule has 156 valence electrons. The van der Waals surface area contributed by atoms with Gasteiger partial charge in [-0.05, 0) is 18.2 Å². The van der Waals surface area contributed by atoms with Gasteiger partial charge in [0.15, 0.2) is 5.78 Å². The van der Waals surface area contributed by atoms with Crippen LogP contribution in [0.3, 0.4) is 0 Å². The lowest BCUT2D eigenvalue weighted by molar-refractivity contribution is 0.0996. The van der Waals surface area contributed by atoms with E-state index in [9.17, 15) is 9.59 Å². The van der Waals surface area contributed by atoms with Gasteiger partial charge in [-0.25, -0.2) is 4.52 Å². The van der Waals surface area contributed by atoms with Crippen LogP contribution in [0.15, 0.2) is 84.2 Å². The van der Waals surface area contributed by atoms with Crippen molar-refractivity contribution in [1.29, 1.82) is 0 Å². The van der Waals surface area contributed by atoms with E-state index in [1.165, 1.54) is 11.3 Å². The number of aromatic nitrogens is 3. The maximum Gasteiger partial charge on any atom is 0.258 e. The fourth-order valence-electron chi connectivity index (χ4n) is 3.35. The van der Waals surface area contributed by atoms with Crippen molar-refractivity contribution in [2.75, 3.05) is 5.32 Å². The van der Waals surface area contributed by atoms with Crippen molar-refractivity contribution in [3.63, 3.8) is 0 Å². The molecule has 0 aliphatic rings. The van der Waals surface area contributed by atoms with Crippen LogP contribution >= 0.6 is 22.9 Å². The minimum atomic E-state index is -0.448. The number of benzene rings is 3. The van der Waals surface area contributed by atoms with E-state index >= 15 is 0 Å². The molecule has 6 nitrogen and oxygen atoms in total. The van der Waals surface area contributed by atoms with Crippen LogP contribution in [0.1, 0.15) is 26.3 Å². The number of nitrogens with zero attached hydrogens (tertiary/aromatic N) is 3. The first kappa shape index (κ1) is 20.1. The predicted octanol–water partition coefficient (Wildman–Crippen LogP) is 5.59. The van der Waals surface area contributed by atoms with E-state index in [0.717, 1.165) is 11.3 Å². The van der Waals surface area contributed by atoms with Crippen molar-refractivity contribution in [3.8, 4) is 11.3 Å². The summed E-state index contributed by atoms with van der Waals surface area (Å²) in [5.41, 5.74) is 2.87. The summed E-state index contributed by atoms with van der Waals surface area (Å²) in [6, 6.07) is 23.0. The molecule has 8 heteroatoms. The molecule has 0 spiro atoms. The summed E-state index contributed by atoms with van der Waals surface area (Å²) in [5, 5.41) is 9.75. The summed E-state index contributed by atoms with van der Waals surface area (Å²) in [6.07, 6.45) is 0. The van der Waals surface area contributed by atoms with Crippen LogP contribution < -0.4 is 5.32 Å². The number of fused-ring (bicyclic) bond motifs is 1. The maximum atomic E-state index is 13.0. The number of carbonyl (C=O) groups is 2. The van der Waals surface area contributed by atoms with Crippen LogP contribution in [0.2, 0.25) is 5.02 Å². The summed E-state index contributed by atoms with van der Waals surface area (Å²) < 4.78 is 1.67. The van der Waals surface area contributed by atoms with Gasteiger partial charge in [-0.15, -0.1) is 16.4 Å². The second-order valence-electron chi connectivity index (χ2n) is 6.95. The minimum absolute atomic E-state index is 0.166. The lowest BCUT2D eigenvalue weighted by atomic mass is 9.98. The number of hydrogen-bond donors (Lipinski definition) is 1. The second kappa shape index (κ2) is 8.37. The predicted molar refractivity (Wildman–Crippen MR) is 126 cm³/mol. The van der Waals surface area contributed by atoms with Gasteiger partial charge in [-0.3, -0.25) is 14.9 Å². The van der Waals surface area contributed by atoms with Crippen molar-refractivity contribution in [2.24, 2.45) is 0 Å². The first-order valence-corrected chi connectivity index (χ1v) is 11.0. The standard InChI is InChI=1S/C24H15ClN4O2S/c25-17-12-10-15(11-13-17)20-14-32-24-27-23(28-29(20)24)26-22(31)19-9-5-4-8-18(19)21(30)16-6-2-1-3-7-16/h1-14H,(H,26,28,31). The fraction of sp³-hybridized carbons (Fsp3) is 0. The highest BCUT2D eigenvalue weighted by atomic mass is 35.5. The van der Waals surface area contributed by atoms with E-state index in [1.54, 1.807) is 65.2 Å². The van der Waals surface area contributed by atoms with Gasteiger partial charge in [0, 0.05) is 27.1 Å². The number of rotatable bonds is 5. The molecule has 32 heavy (non-hydrogen) atoms. The van der Waals surface area contributed by atoms with Crippen LogP contribution in [0.25, 0.3) is 16.2 Å². The molecule has 2 aromatic heterocycles. The van der Waals surface area contributed by atoms with Crippen LogP contribution in [-0.4, -0.2) is 26.3 Å². The number of halogens is 1. The first-order chi connectivity index (χ1) is 15.6. The van der Waals surface area contributed by atoms with Crippen LogP contribution in [0.4, 0.5) is 5.95 Å². The smallest absolute Gasteiger partial charge is 0.258 e. The molecule has 3 aromatic carbocycles. The topological polar surface area (TPSA) is 76.4 Å². The first-order valence-electron chi connectivity index (χ1n) is 9.70. The summed E-state index contributed by atoms with van der Waals surface area (Å²) in [4.78, 5) is 31.0. The van der Waals surface area contributed by atoms with Crippen molar-refractivity contribution in [2.45, 2.75) is 0 Å². The van der Waals surface area contributed by atoms with Gasteiger partial charge in [0.1, 0.15) is 0 Å². The molecule has 0 radical (unpaired) electrons. The number of ketones is 1. The molecule has 1 amide bonds. The minimum Gasteiger partial charge on any atom is -0.289 e. The normalized spacial score (nSPS) is 10.9. The van der Waals surface area contributed by atoms with Gasteiger partial charge >= 0.3 is 0 Å². The Morgan fingerprint density at radius 3 is 2.31 bits per heavy atom.